The standard InChI is InChI=1S/C32H50O4/c1-26(21-22-29-28(3)19-16-23-32(29,4)5)17-15-18-27(2)25-31(34)36-24-14-12-10-8-7-9-11-13-20-30(33)35-6/h15,17-18,21-22,25H,7-14,16,19-20,23-24H2,1-6H3. The van der Waals surface area contributed by atoms with Gasteiger partial charge in [-0.15, -0.1) is 0 Å². The summed E-state index contributed by atoms with van der Waals surface area (Å²) in [6, 6.07) is 0. The van der Waals surface area contributed by atoms with Crippen LogP contribution in [0, 0.1) is 5.41 Å². The van der Waals surface area contributed by atoms with Gasteiger partial charge in [-0.05, 0) is 69.4 Å². The van der Waals surface area contributed by atoms with Crippen LogP contribution in [0.1, 0.15) is 112 Å². The minimum absolute atomic E-state index is 0.118. The van der Waals surface area contributed by atoms with Crippen LogP contribution in [0.15, 0.2) is 58.7 Å². The molecule has 0 heterocycles. The zero-order valence-electron chi connectivity index (χ0n) is 23.8. The van der Waals surface area contributed by atoms with E-state index >= 15 is 0 Å². The van der Waals surface area contributed by atoms with Gasteiger partial charge in [0.1, 0.15) is 0 Å². The average Bonchev–Trinajstić information content (AvgIpc) is 2.81. The van der Waals surface area contributed by atoms with Crippen molar-refractivity contribution < 1.29 is 19.1 Å². The van der Waals surface area contributed by atoms with Gasteiger partial charge in [-0.1, -0.05) is 93.9 Å². The van der Waals surface area contributed by atoms with Gasteiger partial charge in [-0.2, -0.15) is 0 Å². The molecular formula is C32H50O4. The summed E-state index contributed by atoms with van der Waals surface area (Å²) < 4.78 is 9.99. The maximum Gasteiger partial charge on any atom is 0.331 e. The second-order valence-corrected chi connectivity index (χ2v) is 10.7. The van der Waals surface area contributed by atoms with E-state index in [2.05, 4.69) is 50.7 Å². The van der Waals surface area contributed by atoms with Gasteiger partial charge in [-0.3, -0.25) is 4.79 Å². The first kappa shape index (κ1) is 31.7. The summed E-state index contributed by atoms with van der Waals surface area (Å²) in [5, 5.41) is 0. The summed E-state index contributed by atoms with van der Waals surface area (Å²) in [5.74, 6) is -0.391. The normalized spacial score (nSPS) is 16.7. The van der Waals surface area contributed by atoms with Crippen molar-refractivity contribution in [3.63, 3.8) is 0 Å². The van der Waals surface area contributed by atoms with Gasteiger partial charge in [0.25, 0.3) is 0 Å². The van der Waals surface area contributed by atoms with Crippen molar-refractivity contribution in [1.82, 2.24) is 0 Å². The van der Waals surface area contributed by atoms with Gasteiger partial charge in [0, 0.05) is 12.5 Å². The molecule has 4 nitrogen and oxygen atoms in total. The molecule has 0 saturated carbocycles. The molecule has 0 N–H and O–H groups in total. The molecule has 0 amide bonds. The number of carbonyl (C=O) groups is 2. The van der Waals surface area contributed by atoms with E-state index in [9.17, 15) is 9.59 Å². The highest BCUT2D eigenvalue weighted by Gasteiger charge is 2.26. The minimum Gasteiger partial charge on any atom is -0.469 e. The molecule has 0 radical (unpaired) electrons. The molecule has 1 aliphatic carbocycles. The van der Waals surface area contributed by atoms with E-state index in [-0.39, 0.29) is 17.4 Å². The third-order valence-corrected chi connectivity index (χ3v) is 6.87. The molecule has 0 aromatic heterocycles. The molecule has 1 aliphatic rings. The van der Waals surface area contributed by atoms with Gasteiger partial charge >= 0.3 is 11.9 Å². The number of ether oxygens (including phenoxy) is 2. The number of hydrogen-bond donors (Lipinski definition) is 0. The molecule has 0 unspecified atom stereocenters. The van der Waals surface area contributed by atoms with Gasteiger partial charge in [0.05, 0.1) is 13.7 Å². The lowest BCUT2D eigenvalue weighted by molar-refractivity contribution is -0.141. The minimum atomic E-state index is -0.273. The van der Waals surface area contributed by atoms with Crippen LogP contribution in [-0.2, 0) is 19.1 Å². The summed E-state index contributed by atoms with van der Waals surface area (Å²) >= 11 is 0. The van der Waals surface area contributed by atoms with E-state index in [4.69, 9.17) is 4.74 Å². The number of esters is 2. The van der Waals surface area contributed by atoms with Crippen LogP contribution >= 0.6 is 0 Å². The fraction of sp³-hybridized carbons (Fsp3) is 0.625. The zero-order valence-corrected chi connectivity index (χ0v) is 23.8. The zero-order chi connectivity index (χ0) is 26.8. The lowest BCUT2D eigenvalue weighted by Crippen LogP contribution is -2.19. The molecule has 0 atom stereocenters. The highest BCUT2D eigenvalue weighted by atomic mass is 16.5. The Morgan fingerprint density at radius 1 is 0.917 bits per heavy atom. The van der Waals surface area contributed by atoms with Crippen molar-refractivity contribution in [2.24, 2.45) is 5.41 Å². The van der Waals surface area contributed by atoms with Crippen molar-refractivity contribution in [1.29, 1.82) is 0 Å². The van der Waals surface area contributed by atoms with Gasteiger partial charge in [-0.25, -0.2) is 4.79 Å². The Morgan fingerprint density at radius 3 is 2.19 bits per heavy atom. The SMILES string of the molecule is COC(=O)CCCCCCCCCCOC(=O)C=C(C)C=CC=C(C)C=CC1=C(C)CCCC1(C)C. The van der Waals surface area contributed by atoms with Crippen LogP contribution in [0.25, 0.3) is 0 Å². The second kappa shape index (κ2) is 18.0. The highest BCUT2D eigenvalue weighted by Crippen LogP contribution is 2.40. The van der Waals surface area contributed by atoms with Gasteiger partial charge in [0.2, 0.25) is 0 Å². The number of allylic oxidation sites excluding steroid dienone is 9. The molecule has 36 heavy (non-hydrogen) atoms. The van der Waals surface area contributed by atoms with E-state index in [0.717, 1.165) is 44.1 Å². The monoisotopic (exact) mass is 498 g/mol. The molecule has 202 valence electrons. The molecule has 4 heteroatoms. The van der Waals surface area contributed by atoms with Gasteiger partial charge in [0.15, 0.2) is 0 Å². The number of unbranched alkanes of at least 4 members (excludes halogenated alkanes) is 7. The van der Waals surface area contributed by atoms with Crippen LogP contribution < -0.4 is 0 Å². The smallest absolute Gasteiger partial charge is 0.331 e. The van der Waals surface area contributed by atoms with Crippen molar-refractivity contribution >= 4 is 11.9 Å². The molecule has 0 fully saturated rings. The van der Waals surface area contributed by atoms with Crippen LogP contribution in [-0.4, -0.2) is 25.7 Å². The predicted octanol–water partition coefficient (Wildman–Crippen LogP) is 8.75. The number of carbonyl (C=O) groups excluding carboxylic acids is 2. The molecule has 1 rings (SSSR count). The third kappa shape index (κ3) is 14.3. The van der Waals surface area contributed by atoms with E-state index in [0.29, 0.717) is 13.0 Å². The van der Waals surface area contributed by atoms with E-state index < -0.39 is 0 Å². The highest BCUT2D eigenvalue weighted by molar-refractivity contribution is 5.83. The number of hydrogen-bond acceptors (Lipinski definition) is 4. The Bertz CT molecular complexity index is 836. The third-order valence-electron chi connectivity index (χ3n) is 6.87. The first-order valence-electron chi connectivity index (χ1n) is 13.8. The van der Waals surface area contributed by atoms with Crippen molar-refractivity contribution in [3.05, 3.63) is 58.7 Å². The number of methoxy groups -OCH3 is 1. The van der Waals surface area contributed by atoms with Crippen molar-refractivity contribution in [2.45, 2.75) is 112 Å². The lowest BCUT2D eigenvalue weighted by atomic mass is 9.72. The lowest BCUT2D eigenvalue weighted by Gasteiger charge is -2.32. The van der Waals surface area contributed by atoms with Crippen molar-refractivity contribution in [3.8, 4) is 0 Å². The Balaban J connectivity index is 2.23. The summed E-state index contributed by atoms with van der Waals surface area (Å²) in [5.41, 5.74) is 5.29. The molecule has 0 bridgehead atoms. The molecule has 0 saturated heterocycles. The van der Waals surface area contributed by atoms with E-state index in [1.165, 1.54) is 55.9 Å². The predicted molar refractivity (Wildman–Crippen MR) is 151 cm³/mol. The number of rotatable bonds is 16. The Kier molecular flexibility index (Phi) is 15.8. The first-order chi connectivity index (χ1) is 17.2. The van der Waals surface area contributed by atoms with Gasteiger partial charge < -0.3 is 9.47 Å². The fourth-order valence-electron chi connectivity index (χ4n) is 4.61. The average molecular weight is 499 g/mol. The van der Waals surface area contributed by atoms with E-state index in [1.807, 2.05) is 19.1 Å². The Hall–Kier alpha value is -2.36. The van der Waals surface area contributed by atoms with Crippen LogP contribution in [0.5, 0.6) is 0 Å². The van der Waals surface area contributed by atoms with Crippen LogP contribution in [0.2, 0.25) is 0 Å². The van der Waals surface area contributed by atoms with Crippen LogP contribution in [0.4, 0.5) is 0 Å². The fourth-order valence-corrected chi connectivity index (χ4v) is 4.61. The van der Waals surface area contributed by atoms with Crippen LogP contribution in [0.3, 0.4) is 0 Å². The topological polar surface area (TPSA) is 52.6 Å². The maximum atomic E-state index is 12.0. The quantitative estimate of drug-likeness (QED) is 0.0923. The van der Waals surface area contributed by atoms with Crippen molar-refractivity contribution in [2.75, 3.05) is 13.7 Å². The summed E-state index contributed by atoms with van der Waals surface area (Å²) in [6.45, 7) is 11.4. The summed E-state index contributed by atoms with van der Waals surface area (Å²) in [4.78, 5) is 23.1. The molecule has 0 spiro atoms. The first-order valence-corrected chi connectivity index (χ1v) is 13.8. The Morgan fingerprint density at radius 2 is 1.56 bits per heavy atom. The molecule has 0 aromatic rings. The Labute approximate surface area is 220 Å². The molecular weight excluding hydrogens is 448 g/mol. The molecule has 0 aliphatic heterocycles. The second-order valence-electron chi connectivity index (χ2n) is 10.7. The molecule has 0 aromatic carbocycles. The largest absolute Gasteiger partial charge is 0.469 e. The summed E-state index contributed by atoms with van der Waals surface area (Å²) in [6.07, 6.45) is 24.9. The van der Waals surface area contributed by atoms with E-state index in [1.54, 1.807) is 6.08 Å². The maximum absolute atomic E-state index is 12.0. The summed E-state index contributed by atoms with van der Waals surface area (Å²) in [7, 11) is 1.44.